The number of carbonyl (C=O) groups is 1. The van der Waals surface area contributed by atoms with Crippen molar-refractivity contribution in [3.63, 3.8) is 0 Å². The highest BCUT2D eigenvalue weighted by atomic mass is 35.5. The number of nitrogens with zero attached hydrogens (tertiary/aromatic N) is 2. The Bertz CT molecular complexity index is 648. The van der Waals surface area contributed by atoms with Crippen LogP contribution in [0.1, 0.15) is 15.2 Å². The molecule has 2 aromatic rings. The minimum Gasteiger partial charge on any atom is -0.335 e. The average molecular weight is 355 g/mol. The molecule has 0 bridgehead atoms. The summed E-state index contributed by atoms with van der Waals surface area (Å²) in [6.07, 6.45) is 0. The topological polar surface area (TPSA) is 23.6 Å². The van der Waals surface area contributed by atoms with E-state index < -0.39 is 0 Å². The summed E-state index contributed by atoms with van der Waals surface area (Å²) in [6, 6.07) is 11.5. The summed E-state index contributed by atoms with van der Waals surface area (Å²) < 4.78 is 0.657. The number of piperazine rings is 1. The summed E-state index contributed by atoms with van der Waals surface area (Å²) in [5.41, 5.74) is 1.24. The summed E-state index contributed by atoms with van der Waals surface area (Å²) in [5, 5.41) is 0.758. The van der Waals surface area contributed by atoms with Crippen molar-refractivity contribution in [1.29, 1.82) is 0 Å². The molecule has 1 aromatic heterocycles. The average Bonchev–Trinajstić information content (AvgIpc) is 2.96. The molecule has 1 amide bonds. The molecule has 2 heterocycles. The summed E-state index contributed by atoms with van der Waals surface area (Å²) in [4.78, 5) is 17.3. The highest BCUT2D eigenvalue weighted by Gasteiger charge is 2.23. The van der Waals surface area contributed by atoms with Crippen molar-refractivity contribution in [2.75, 3.05) is 26.2 Å². The van der Waals surface area contributed by atoms with Gasteiger partial charge in [-0.2, -0.15) is 0 Å². The normalized spacial score (nSPS) is 16.0. The molecule has 1 aromatic carbocycles. The van der Waals surface area contributed by atoms with E-state index >= 15 is 0 Å². The van der Waals surface area contributed by atoms with Crippen LogP contribution >= 0.6 is 34.5 Å². The molecule has 116 valence electrons. The Labute approximate surface area is 144 Å². The zero-order chi connectivity index (χ0) is 15.5. The minimum absolute atomic E-state index is 0.0862. The second-order valence-corrected chi connectivity index (χ2v) is 7.45. The molecule has 0 N–H and O–H groups in total. The van der Waals surface area contributed by atoms with E-state index in [1.807, 2.05) is 29.2 Å². The van der Waals surface area contributed by atoms with Gasteiger partial charge in [0.25, 0.3) is 5.91 Å². The Morgan fingerprint density at radius 1 is 1.00 bits per heavy atom. The number of benzene rings is 1. The van der Waals surface area contributed by atoms with Crippen molar-refractivity contribution in [3.05, 3.63) is 56.2 Å². The first-order valence-corrected chi connectivity index (χ1v) is 8.70. The molecule has 1 fully saturated rings. The lowest BCUT2D eigenvalue weighted by Crippen LogP contribution is -2.48. The number of rotatable bonds is 3. The van der Waals surface area contributed by atoms with Crippen LogP contribution in [0.2, 0.25) is 9.36 Å². The molecule has 6 heteroatoms. The second-order valence-electron chi connectivity index (χ2n) is 5.30. The van der Waals surface area contributed by atoms with Crippen LogP contribution in [0.3, 0.4) is 0 Å². The molecular formula is C16H16Cl2N2OS. The molecular weight excluding hydrogens is 339 g/mol. The first kappa shape index (κ1) is 15.8. The maximum atomic E-state index is 12.4. The highest BCUT2D eigenvalue weighted by Crippen LogP contribution is 2.23. The Morgan fingerprint density at radius 3 is 2.27 bits per heavy atom. The Hall–Kier alpha value is -1.07. The van der Waals surface area contributed by atoms with Crippen LogP contribution in [-0.2, 0) is 6.54 Å². The first-order chi connectivity index (χ1) is 10.6. The SMILES string of the molecule is O=C(c1ccc(Cl)s1)N1CCN(Cc2ccc(Cl)cc2)CC1. The van der Waals surface area contributed by atoms with Gasteiger partial charge in [-0.05, 0) is 29.8 Å². The standard InChI is InChI=1S/C16H16Cl2N2OS/c17-13-3-1-12(2-4-13)11-19-7-9-20(10-8-19)16(21)14-5-6-15(18)22-14/h1-6H,7-11H2. The largest absolute Gasteiger partial charge is 0.335 e. The van der Waals surface area contributed by atoms with E-state index in [4.69, 9.17) is 23.2 Å². The van der Waals surface area contributed by atoms with Crippen LogP contribution in [-0.4, -0.2) is 41.9 Å². The third-order valence-electron chi connectivity index (χ3n) is 3.76. The van der Waals surface area contributed by atoms with Gasteiger partial charge >= 0.3 is 0 Å². The Morgan fingerprint density at radius 2 is 1.68 bits per heavy atom. The first-order valence-electron chi connectivity index (χ1n) is 7.13. The summed E-state index contributed by atoms with van der Waals surface area (Å²) >= 11 is 13.1. The molecule has 0 spiro atoms. The van der Waals surface area contributed by atoms with Crippen LogP contribution in [0.15, 0.2) is 36.4 Å². The highest BCUT2D eigenvalue weighted by molar-refractivity contribution is 7.17. The van der Waals surface area contributed by atoms with Gasteiger partial charge in [-0.15, -0.1) is 11.3 Å². The van der Waals surface area contributed by atoms with Gasteiger partial charge < -0.3 is 4.90 Å². The van der Waals surface area contributed by atoms with E-state index in [1.54, 1.807) is 12.1 Å². The van der Waals surface area contributed by atoms with Crippen molar-refractivity contribution >= 4 is 40.4 Å². The van der Waals surface area contributed by atoms with Gasteiger partial charge in [-0.3, -0.25) is 9.69 Å². The number of amides is 1. The predicted octanol–water partition coefficient (Wildman–Crippen LogP) is 4.01. The smallest absolute Gasteiger partial charge is 0.264 e. The van der Waals surface area contributed by atoms with Crippen LogP contribution in [0.25, 0.3) is 0 Å². The maximum absolute atomic E-state index is 12.4. The van der Waals surface area contributed by atoms with Crippen LogP contribution in [0, 0.1) is 0 Å². The molecule has 0 radical (unpaired) electrons. The van der Waals surface area contributed by atoms with Gasteiger partial charge in [-0.1, -0.05) is 35.3 Å². The monoisotopic (exact) mass is 354 g/mol. The number of hydrogen-bond acceptors (Lipinski definition) is 3. The molecule has 0 aliphatic carbocycles. The summed E-state index contributed by atoms with van der Waals surface area (Å²) in [6.45, 7) is 4.16. The van der Waals surface area contributed by atoms with E-state index in [9.17, 15) is 4.79 Å². The second kappa shape index (κ2) is 7.01. The van der Waals surface area contributed by atoms with Crippen LogP contribution < -0.4 is 0 Å². The van der Waals surface area contributed by atoms with E-state index in [2.05, 4.69) is 4.90 Å². The summed E-state index contributed by atoms with van der Waals surface area (Å²) in [7, 11) is 0. The van der Waals surface area contributed by atoms with E-state index in [-0.39, 0.29) is 5.91 Å². The molecule has 3 rings (SSSR count). The molecule has 0 saturated carbocycles. The third-order valence-corrected chi connectivity index (χ3v) is 5.23. The van der Waals surface area contributed by atoms with Gasteiger partial charge in [0.1, 0.15) is 0 Å². The lowest BCUT2D eigenvalue weighted by Gasteiger charge is -2.34. The minimum atomic E-state index is 0.0862. The van der Waals surface area contributed by atoms with E-state index in [0.717, 1.165) is 42.6 Å². The van der Waals surface area contributed by atoms with Gasteiger partial charge in [0.15, 0.2) is 0 Å². The number of carbonyl (C=O) groups excluding carboxylic acids is 1. The van der Waals surface area contributed by atoms with Crippen molar-refractivity contribution in [1.82, 2.24) is 9.80 Å². The Balaban J connectivity index is 1.54. The zero-order valence-corrected chi connectivity index (χ0v) is 14.3. The van der Waals surface area contributed by atoms with Gasteiger partial charge in [0.2, 0.25) is 0 Å². The van der Waals surface area contributed by atoms with Crippen molar-refractivity contribution in [2.24, 2.45) is 0 Å². The van der Waals surface area contributed by atoms with Crippen molar-refractivity contribution < 1.29 is 4.79 Å². The van der Waals surface area contributed by atoms with E-state index in [0.29, 0.717) is 4.34 Å². The van der Waals surface area contributed by atoms with E-state index in [1.165, 1.54) is 16.9 Å². The van der Waals surface area contributed by atoms with Crippen molar-refractivity contribution in [3.8, 4) is 0 Å². The quantitative estimate of drug-likeness (QED) is 0.831. The fraction of sp³-hybridized carbons (Fsp3) is 0.312. The molecule has 1 aliphatic rings. The molecule has 0 atom stereocenters. The van der Waals surface area contributed by atoms with Gasteiger partial charge in [-0.25, -0.2) is 0 Å². The molecule has 3 nitrogen and oxygen atoms in total. The fourth-order valence-electron chi connectivity index (χ4n) is 2.54. The zero-order valence-electron chi connectivity index (χ0n) is 12.0. The third kappa shape index (κ3) is 3.82. The predicted molar refractivity (Wildman–Crippen MR) is 92.0 cm³/mol. The lowest BCUT2D eigenvalue weighted by molar-refractivity contribution is 0.0633. The fourth-order valence-corrected chi connectivity index (χ4v) is 3.68. The summed E-state index contributed by atoms with van der Waals surface area (Å²) in [5.74, 6) is 0.0862. The maximum Gasteiger partial charge on any atom is 0.264 e. The lowest BCUT2D eigenvalue weighted by atomic mass is 10.2. The molecule has 1 saturated heterocycles. The van der Waals surface area contributed by atoms with Gasteiger partial charge in [0.05, 0.1) is 9.21 Å². The molecule has 22 heavy (non-hydrogen) atoms. The van der Waals surface area contributed by atoms with Crippen molar-refractivity contribution in [2.45, 2.75) is 6.54 Å². The van der Waals surface area contributed by atoms with Crippen LogP contribution in [0.4, 0.5) is 0 Å². The Kier molecular flexibility index (Phi) is 5.03. The van der Waals surface area contributed by atoms with Gasteiger partial charge in [0, 0.05) is 37.7 Å². The number of hydrogen-bond donors (Lipinski definition) is 0. The number of thiophene rings is 1. The number of halogens is 2. The molecule has 0 unspecified atom stereocenters. The molecule has 1 aliphatic heterocycles. The van der Waals surface area contributed by atoms with Crippen LogP contribution in [0.5, 0.6) is 0 Å².